The number of amides is 3. The Morgan fingerprint density at radius 1 is 1.00 bits per heavy atom. The molecule has 1 aromatic heterocycles. The first kappa shape index (κ1) is 16.4. The fraction of sp³-hybridized carbons (Fsp3) is 0.250. The van der Waals surface area contributed by atoms with E-state index in [0.29, 0.717) is 25.6 Å². The average molecular weight is 313 g/mol. The molecule has 3 amide bonds. The molecule has 0 radical (unpaired) electrons. The van der Waals surface area contributed by atoms with Crippen molar-refractivity contribution in [2.24, 2.45) is 0 Å². The smallest absolute Gasteiger partial charge is 0.324 e. The van der Waals surface area contributed by atoms with E-state index < -0.39 is 0 Å². The molecule has 2 rings (SSSR count). The Balaban J connectivity index is 2.04. The topological polar surface area (TPSA) is 87.2 Å². The highest BCUT2D eigenvalue weighted by Crippen LogP contribution is 2.11. The number of nitrogens with one attached hydrogen (secondary N) is 2. The molecule has 0 saturated heterocycles. The molecule has 0 atom stereocenters. The van der Waals surface area contributed by atoms with E-state index in [1.165, 1.54) is 11.8 Å². The maximum Gasteiger partial charge on any atom is 0.324 e. The molecule has 23 heavy (non-hydrogen) atoms. The fourth-order valence-electron chi connectivity index (χ4n) is 1.93. The third kappa shape index (κ3) is 5.39. The molecule has 1 aromatic carbocycles. The minimum atomic E-state index is -0.314. The summed E-state index contributed by atoms with van der Waals surface area (Å²) in [5, 5.41) is 5.37. The van der Waals surface area contributed by atoms with Gasteiger partial charge in [0.1, 0.15) is 0 Å². The first-order chi connectivity index (χ1) is 11.2. The second-order valence-electron chi connectivity index (χ2n) is 4.84. The molecule has 0 saturated carbocycles. The Bertz CT molecular complexity index is 633. The van der Waals surface area contributed by atoms with E-state index in [-0.39, 0.29) is 11.9 Å². The van der Waals surface area contributed by atoms with Crippen molar-refractivity contribution < 1.29 is 9.59 Å². The number of anilines is 1. The van der Waals surface area contributed by atoms with Crippen LogP contribution in [-0.2, 0) is 11.3 Å². The standard InChI is InChI=1S/C16H19N5O2/c1-13(22)17-10-11-20-16(23)21(15-18-8-5-9-19-15)12-14-6-3-2-4-7-14/h2-9H,10-12H2,1H3,(H,17,22)(H,20,23). The van der Waals surface area contributed by atoms with Gasteiger partial charge in [0.25, 0.3) is 0 Å². The van der Waals surface area contributed by atoms with Crippen LogP contribution in [0, 0.1) is 0 Å². The van der Waals surface area contributed by atoms with Crippen molar-refractivity contribution in [2.75, 3.05) is 18.0 Å². The third-order valence-corrected chi connectivity index (χ3v) is 3.00. The predicted octanol–water partition coefficient (Wildman–Crippen LogP) is 1.33. The van der Waals surface area contributed by atoms with Crippen LogP contribution in [0.2, 0.25) is 0 Å². The van der Waals surface area contributed by atoms with Gasteiger partial charge in [-0.2, -0.15) is 0 Å². The lowest BCUT2D eigenvalue weighted by molar-refractivity contribution is -0.118. The number of aromatic nitrogens is 2. The van der Waals surface area contributed by atoms with Gasteiger partial charge in [-0.05, 0) is 11.6 Å². The fourth-order valence-corrected chi connectivity index (χ4v) is 1.93. The van der Waals surface area contributed by atoms with Crippen LogP contribution in [-0.4, -0.2) is 35.0 Å². The Labute approximate surface area is 134 Å². The van der Waals surface area contributed by atoms with Crippen molar-refractivity contribution in [3.63, 3.8) is 0 Å². The molecule has 2 N–H and O–H groups in total. The van der Waals surface area contributed by atoms with Crippen LogP contribution in [0.15, 0.2) is 48.8 Å². The van der Waals surface area contributed by atoms with Gasteiger partial charge in [0.05, 0.1) is 6.54 Å². The molecule has 2 aromatic rings. The summed E-state index contributed by atoms with van der Waals surface area (Å²) in [6.07, 6.45) is 3.18. The van der Waals surface area contributed by atoms with Gasteiger partial charge in [-0.15, -0.1) is 0 Å². The maximum atomic E-state index is 12.4. The van der Waals surface area contributed by atoms with Crippen LogP contribution in [0.5, 0.6) is 0 Å². The molecular weight excluding hydrogens is 294 g/mol. The number of hydrogen-bond acceptors (Lipinski definition) is 4. The van der Waals surface area contributed by atoms with Gasteiger partial charge in [-0.1, -0.05) is 30.3 Å². The first-order valence-electron chi connectivity index (χ1n) is 7.27. The third-order valence-electron chi connectivity index (χ3n) is 3.00. The summed E-state index contributed by atoms with van der Waals surface area (Å²) in [4.78, 5) is 33.0. The van der Waals surface area contributed by atoms with Crippen molar-refractivity contribution in [2.45, 2.75) is 13.5 Å². The van der Waals surface area contributed by atoms with Gasteiger partial charge in [-0.25, -0.2) is 14.8 Å². The molecule has 0 unspecified atom stereocenters. The van der Waals surface area contributed by atoms with Crippen LogP contribution in [0.4, 0.5) is 10.7 Å². The molecule has 7 heteroatoms. The zero-order valence-electron chi connectivity index (χ0n) is 12.9. The molecule has 0 bridgehead atoms. The minimum absolute atomic E-state index is 0.133. The molecule has 0 spiro atoms. The average Bonchev–Trinajstić information content (AvgIpc) is 2.58. The lowest BCUT2D eigenvalue weighted by Gasteiger charge is -2.21. The van der Waals surface area contributed by atoms with Gasteiger partial charge in [-0.3, -0.25) is 9.69 Å². The highest BCUT2D eigenvalue weighted by Gasteiger charge is 2.18. The molecule has 120 valence electrons. The van der Waals surface area contributed by atoms with Gasteiger partial charge in [0.15, 0.2) is 0 Å². The number of hydrogen-bond donors (Lipinski definition) is 2. The lowest BCUT2D eigenvalue weighted by atomic mass is 10.2. The molecule has 1 heterocycles. The Hall–Kier alpha value is -2.96. The van der Waals surface area contributed by atoms with Gasteiger partial charge in [0, 0.05) is 32.4 Å². The summed E-state index contributed by atoms with van der Waals surface area (Å²) >= 11 is 0. The Morgan fingerprint density at radius 3 is 2.30 bits per heavy atom. The summed E-state index contributed by atoms with van der Waals surface area (Å²) in [6, 6.07) is 11.0. The SMILES string of the molecule is CC(=O)NCCNC(=O)N(Cc1ccccc1)c1ncccn1. The van der Waals surface area contributed by atoms with Crippen LogP contribution in [0.25, 0.3) is 0 Å². The van der Waals surface area contributed by atoms with E-state index in [1.807, 2.05) is 30.3 Å². The van der Waals surface area contributed by atoms with Crippen molar-refractivity contribution in [3.05, 3.63) is 54.4 Å². The van der Waals surface area contributed by atoms with Crippen molar-refractivity contribution in [1.29, 1.82) is 0 Å². The summed E-state index contributed by atoms with van der Waals surface area (Å²) < 4.78 is 0. The number of carbonyl (C=O) groups excluding carboxylic acids is 2. The van der Waals surface area contributed by atoms with E-state index in [1.54, 1.807) is 18.5 Å². The molecule has 7 nitrogen and oxygen atoms in total. The summed E-state index contributed by atoms with van der Waals surface area (Å²) in [5.41, 5.74) is 0.969. The predicted molar refractivity (Wildman–Crippen MR) is 86.7 cm³/mol. The monoisotopic (exact) mass is 313 g/mol. The molecule has 0 aliphatic carbocycles. The van der Waals surface area contributed by atoms with E-state index in [9.17, 15) is 9.59 Å². The van der Waals surface area contributed by atoms with E-state index in [0.717, 1.165) is 5.56 Å². The summed E-state index contributed by atoms with van der Waals surface area (Å²) in [6.45, 7) is 2.49. The van der Waals surface area contributed by atoms with Crippen LogP contribution in [0.1, 0.15) is 12.5 Å². The van der Waals surface area contributed by atoms with Crippen molar-refractivity contribution >= 4 is 17.9 Å². The van der Waals surface area contributed by atoms with Crippen LogP contribution in [0.3, 0.4) is 0 Å². The number of nitrogens with zero attached hydrogens (tertiary/aromatic N) is 3. The highest BCUT2D eigenvalue weighted by atomic mass is 16.2. The van der Waals surface area contributed by atoms with Gasteiger partial charge >= 0.3 is 6.03 Å². The van der Waals surface area contributed by atoms with Crippen molar-refractivity contribution in [1.82, 2.24) is 20.6 Å². The minimum Gasteiger partial charge on any atom is -0.355 e. The Kier molecular flexibility index (Phi) is 6.05. The molecule has 0 aliphatic rings. The molecule has 0 fully saturated rings. The summed E-state index contributed by atoms with van der Waals surface area (Å²) in [5.74, 6) is 0.195. The zero-order chi connectivity index (χ0) is 16.5. The van der Waals surface area contributed by atoms with E-state index in [4.69, 9.17) is 0 Å². The number of benzene rings is 1. The van der Waals surface area contributed by atoms with Crippen LogP contribution < -0.4 is 15.5 Å². The number of rotatable bonds is 6. The lowest BCUT2D eigenvalue weighted by Crippen LogP contribution is -2.43. The van der Waals surface area contributed by atoms with Crippen LogP contribution >= 0.6 is 0 Å². The normalized spacial score (nSPS) is 9.96. The van der Waals surface area contributed by atoms with Crippen molar-refractivity contribution in [3.8, 4) is 0 Å². The van der Waals surface area contributed by atoms with Gasteiger partial charge < -0.3 is 10.6 Å². The van der Waals surface area contributed by atoms with E-state index in [2.05, 4.69) is 20.6 Å². The number of urea groups is 1. The zero-order valence-corrected chi connectivity index (χ0v) is 12.9. The maximum absolute atomic E-state index is 12.4. The largest absolute Gasteiger partial charge is 0.355 e. The Morgan fingerprint density at radius 2 is 1.65 bits per heavy atom. The second-order valence-corrected chi connectivity index (χ2v) is 4.84. The quantitative estimate of drug-likeness (QED) is 0.788. The van der Waals surface area contributed by atoms with E-state index >= 15 is 0 Å². The number of carbonyl (C=O) groups is 2. The molecule has 0 aliphatic heterocycles. The first-order valence-corrected chi connectivity index (χ1v) is 7.27. The highest BCUT2D eigenvalue weighted by molar-refractivity contribution is 5.90. The summed E-state index contributed by atoms with van der Waals surface area (Å²) in [7, 11) is 0. The molecular formula is C16H19N5O2. The van der Waals surface area contributed by atoms with Gasteiger partial charge in [0.2, 0.25) is 11.9 Å². The second kappa shape index (κ2) is 8.47.